The van der Waals surface area contributed by atoms with Crippen molar-refractivity contribution in [1.82, 2.24) is 15.3 Å². The largest absolute Gasteiger partial charge is 0.467 e. The molecule has 0 unspecified atom stereocenters. The van der Waals surface area contributed by atoms with E-state index in [4.69, 9.17) is 5.73 Å². The first kappa shape index (κ1) is 16.2. The van der Waals surface area contributed by atoms with Gasteiger partial charge in [0.15, 0.2) is 0 Å². The molecule has 1 heterocycles. The summed E-state index contributed by atoms with van der Waals surface area (Å²) in [7, 11) is 2.71. The van der Waals surface area contributed by atoms with Gasteiger partial charge < -0.3 is 15.8 Å². The van der Waals surface area contributed by atoms with E-state index in [0.717, 1.165) is 5.01 Å². The van der Waals surface area contributed by atoms with E-state index >= 15 is 0 Å². The molecule has 0 bridgehead atoms. The predicted molar refractivity (Wildman–Crippen MR) is 71.2 cm³/mol. The number of rotatable bonds is 5. The van der Waals surface area contributed by atoms with E-state index in [1.54, 1.807) is 0 Å². The number of β-lactam (4-membered cyclic amide) rings is 1. The number of hydrogen-bond acceptors (Lipinski definition) is 5. The van der Waals surface area contributed by atoms with Crippen LogP contribution in [0.25, 0.3) is 0 Å². The number of methoxy groups -OCH3 is 1. The second-order valence-electron chi connectivity index (χ2n) is 5.21. The van der Waals surface area contributed by atoms with Crippen LogP contribution in [0.15, 0.2) is 0 Å². The number of nitrogens with two attached hydrogens (primary N) is 1. The van der Waals surface area contributed by atoms with Gasteiger partial charge in [0.25, 0.3) is 5.91 Å². The SMILES string of the molecule is COC(=O)[C@H](CC(C)C)NC(=O)N(C)N1C[C@H](N)C1=O. The zero-order chi connectivity index (χ0) is 15.4. The summed E-state index contributed by atoms with van der Waals surface area (Å²) in [5, 5.41) is 4.91. The Morgan fingerprint density at radius 2 is 2.15 bits per heavy atom. The molecule has 8 nitrogen and oxygen atoms in total. The molecule has 0 spiro atoms. The van der Waals surface area contributed by atoms with Crippen molar-refractivity contribution in [1.29, 1.82) is 0 Å². The highest BCUT2D eigenvalue weighted by atomic mass is 16.5. The molecule has 0 radical (unpaired) electrons. The van der Waals surface area contributed by atoms with Gasteiger partial charge in [-0.2, -0.15) is 0 Å². The van der Waals surface area contributed by atoms with Gasteiger partial charge in [0.2, 0.25) is 0 Å². The van der Waals surface area contributed by atoms with E-state index in [1.165, 1.54) is 19.2 Å². The second-order valence-corrected chi connectivity index (χ2v) is 5.21. The quantitative estimate of drug-likeness (QED) is 0.513. The zero-order valence-corrected chi connectivity index (χ0v) is 12.3. The average molecular weight is 286 g/mol. The van der Waals surface area contributed by atoms with Crippen molar-refractivity contribution in [3.8, 4) is 0 Å². The highest BCUT2D eigenvalue weighted by Gasteiger charge is 2.39. The molecule has 0 aromatic heterocycles. The lowest BCUT2D eigenvalue weighted by molar-refractivity contribution is -0.158. The molecule has 3 N–H and O–H groups in total. The van der Waals surface area contributed by atoms with Gasteiger partial charge in [-0.25, -0.2) is 19.6 Å². The molecule has 0 saturated carbocycles. The van der Waals surface area contributed by atoms with Gasteiger partial charge in [-0.3, -0.25) is 4.79 Å². The Balaban J connectivity index is 2.61. The van der Waals surface area contributed by atoms with Gasteiger partial charge in [0.05, 0.1) is 13.7 Å². The van der Waals surface area contributed by atoms with Gasteiger partial charge in [-0.1, -0.05) is 13.8 Å². The number of nitrogens with one attached hydrogen (secondary N) is 1. The van der Waals surface area contributed by atoms with Crippen LogP contribution in [0.5, 0.6) is 0 Å². The lowest BCUT2D eigenvalue weighted by Crippen LogP contribution is -2.68. The minimum atomic E-state index is -0.736. The summed E-state index contributed by atoms with van der Waals surface area (Å²) in [5.41, 5.74) is 5.46. The van der Waals surface area contributed by atoms with Crippen LogP contribution in [-0.4, -0.2) is 60.7 Å². The van der Waals surface area contributed by atoms with Crippen LogP contribution in [0.1, 0.15) is 20.3 Å². The fraction of sp³-hybridized carbons (Fsp3) is 0.750. The number of urea groups is 1. The monoisotopic (exact) mass is 286 g/mol. The Labute approximate surface area is 118 Å². The van der Waals surface area contributed by atoms with Crippen molar-refractivity contribution in [2.45, 2.75) is 32.4 Å². The third-order valence-electron chi connectivity index (χ3n) is 3.09. The highest BCUT2D eigenvalue weighted by Crippen LogP contribution is 2.12. The third-order valence-corrected chi connectivity index (χ3v) is 3.09. The van der Waals surface area contributed by atoms with Gasteiger partial charge in [-0.15, -0.1) is 0 Å². The lowest BCUT2D eigenvalue weighted by atomic mass is 10.0. The molecule has 0 aromatic carbocycles. The van der Waals surface area contributed by atoms with Crippen LogP contribution in [0.3, 0.4) is 0 Å². The Kier molecular flexibility index (Phi) is 5.32. The minimum Gasteiger partial charge on any atom is -0.467 e. The minimum absolute atomic E-state index is 0.212. The molecule has 1 fully saturated rings. The lowest BCUT2D eigenvalue weighted by Gasteiger charge is -2.41. The Morgan fingerprint density at radius 3 is 2.55 bits per heavy atom. The smallest absolute Gasteiger partial charge is 0.336 e. The number of hydrazine groups is 1. The molecule has 0 aromatic rings. The summed E-state index contributed by atoms with van der Waals surface area (Å²) in [4.78, 5) is 35.1. The maximum absolute atomic E-state index is 12.0. The molecule has 8 heteroatoms. The van der Waals surface area contributed by atoms with E-state index in [2.05, 4.69) is 10.1 Å². The van der Waals surface area contributed by atoms with Gasteiger partial charge in [0.1, 0.15) is 12.1 Å². The maximum Gasteiger partial charge on any atom is 0.336 e. The Morgan fingerprint density at radius 1 is 1.55 bits per heavy atom. The molecule has 114 valence electrons. The van der Waals surface area contributed by atoms with Crippen LogP contribution in [0.2, 0.25) is 0 Å². The predicted octanol–water partition coefficient (Wildman–Crippen LogP) is -0.700. The maximum atomic E-state index is 12.0. The second kappa shape index (κ2) is 6.56. The molecule has 1 rings (SSSR count). The average Bonchev–Trinajstić information content (AvgIpc) is 2.41. The summed E-state index contributed by atoms with van der Waals surface area (Å²) in [6.45, 7) is 4.16. The molecule has 1 aliphatic heterocycles. The van der Waals surface area contributed by atoms with Crippen molar-refractivity contribution in [3.63, 3.8) is 0 Å². The molecule has 20 heavy (non-hydrogen) atoms. The number of ether oxygens (including phenoxy) is 1. The van der Waals surface area contributed by atoms with Crippen LogP contribution in [0, 0.1) is 5.92 Å². The fourth-order valence-electron chi connectivity index (χ4n) is 1.88. The zero-order valence-electron chi connectivity index (χ0n) is 12.3. The number of hydrogen-bond donors (Lipinski definition) is 2. The standard InChI is InChI=1S/C12H22N4O4/c1-7(2)5-9(11(18)20-4)14-12(19)15(3)16-6-8(13)10(16)17/h7-9H,5-6,13H2,1-4H3,(H,14,19)/t8-,9-/m0/s1. The van der Waals surface area contributed by atoms with Crippen molar-refractivity contribution >= 4 is 17.9 Å². The van der Waals surface area contributed by atoms with E-state index in [1.807, 2.05) is 13.8 Å². The van der Waals surface area contributed by atoms with Crippen molar-refractivity contribution in [3.05, 3.63) is 0 Å². The normalized spacial score (nSPS) is 19.4. The third kappa shape index (κ3) is 3.60. The van der Waals surface area contributed by atoms with Crippen LogP contribution in [0.4, 0.5) is 4.79 Å². The van der Waals surface area contributed by atoms with E-state index in [0.29, 0.717) is 6.42 Å². The summed E-state index contributed by atoms with van der Waals surface area (Å²) in [6, 6.07) is -1.83. The van der Waals surface area contributed by atoms with Crippen LogP contribution >= 0.6 is 0 Å². The molecule has 3 amide bonds. The van der Waals surface area contributed by atoms with Crippen LogP contribution in [-0.2, 0) is 14.3 Å². The van der Waals surface area contributed by atoms with Gasteiger partial charge >= 0.3 is 12.0 Å². The van der Waals surface area contributed by atoms with Crippen molar-refractivity contribution in [2.24, 2.45) is 11.7 Å². The first-order chi connectivity index (χ1) is 9.27. The van der Waals surface area contributed by atoms with Gasteiger partial charge in [0, 0.05) is 7.05 Å². The Hall–Kier alpha value is -1.83. The molecular formula is C12H22N4O4. The molecule has 1 saturated heterocycles. The van der Waals surface area contributed by atoms with Crippen LogP contribution < -0.4 is 11.1 Å². The van der Waals surface area contributed by atoms with E-state index in [-0.39, 0.29) is 18.4 Å². The topological polar surface area (TPSA) is 105 Å². The summed E-state index contributed by atoms with van der Waals surface area (Å²) < 4.78 is 4.66. The number of nitrogens with zero attached hydrogens (tertiary/aromatic N) is 2. The summed E-state index contributed by atoms with van der Waals surface area (Å²) in [5.74, 6) is -0.614. The summed E-state index contributed by atoms with van der Waals surface area (Å²) >= 11 is 0. The molecule has 2 atom stereocenters. The number of amides is 3. The van der Waals surface area contributed by atoms with Crippen molar-refractivity contribution < 1.29 is 19.1 Å². The first-order valence-electron chi connectivity index (χ1n) is 6.46. The molecular weight excluding hydrogens is 264 g/mol. The fourth-order valence-corrected chi connectivity index (χ4v) is 1.88. The van der Waals surface area contributed by atoms with Crippen molar-refractivity contribution in [2.75, 3.05) is 20.7 Å². The number of esters is 1. The van der Waals surface area contributed by atoms with Gasteiger partial charge in [-0.05, 0) is 12.3 Å². The number of carbonyl (C=O) groups excluding carboxylic acids is 3. The molecule has 0 aliphatic carbocycles. The van der Waals surface area contributed by atoms with E-state index < -0.39 is 24.1 Å². The summed E-state index contributed by atoms with van der Waals surface area (Å²) in [6.07, 6.45) is 0.458. The van der Waals surface area contributed by atoms with E-state index in [9.17, 15) is 14.4 Å². The highest BCUT2D eigenvalue weighted by molar-refractivity contribution is 5.90. The molecule has 1 aliphatic rings. The first-order valence-corrected chi connectivity index (χ1v) is 6.46. The Bertz CT molecular complexity index is 399. The number of carbonyl (C=O) groups is 3.